The third-order valence-corrected chi connectivity index (χ3v) is 4.11. The number of esters is 1. The number of hydrogen-bond donors (Lipinski definition) is 0. The molecule has 0 aliphatic carbocycles. The van der Waals surface area contributed by atoms with Crippen molar-refractivity contribution >= 4 is 5.97 Å². The third-order valence-electron chi connectivity index (χ3n) is 4.11. The monoisotopic (exact) mass is 375 g/mol. The van der Waals surface area contributed by atoms with E-state index in [2.05, 4.69) is 20.2 Å². The minimum absolute atomic E-state index is 0.0849. The summed E-state index contributed by atoms with van der Waals surface area (Å²) in [6.45, 7) is 2.50. The van der Waals surface area contributed by atoms with Crippen molar-refractivity contribution in [3.05, 3.63) is 83.8 Å². The quantitative estimate of drug-likeness (QED) is 0.478. The highest BCUT2D eigenvalue weighted by molar-refractivity contribution is 5.89. The lowest BCUT2D eigenvalue weighted by molar-refractivity contribution is 0.0430. The van der Waals surface area contributed by atoms with Gasteiger partial charge in [-0.25, -0.2) is 14.5 Å². The maximum absolute atomic E-state index is 12.2. The number of rotatable bonds is 6. The molecular formula is C20H17N5O3. The van der Waals surface area contributed by atoms with Crippen molar-refractivity contribution in [1.29, 1.82) is 0 Å². The van der Waals surface area contributed by atoms with Crippen LogP contribution >= 0.6 is 0 Å². The van der Waals surface area contributed by atoms with Gasteiger partial charge in [0.15, 0.2) is 6.61 Å². The summed E-state index contributed by atoms with van der Waals surface area (Å²) in [7, 11) is 0. The summed E-state index contributed by atoms with van der Waals surface area (Å²) in [6.07, 6.45) is 3.12. The first-order valence-electron chi connectivity index (χ1n) is 8.65. The van der Waals surface area contributed by atoms with Crippen LogP contribution in [-0.4, -0.2) is 30.9 Å². The summed E-state index contributed by atoms with van der Waals surface area (Å²) in [5.41, 5.74) is 3.44. The van der Waals surface area contributed by atoms with E-state index in [1.165, 1.54) is 6.33 Å². The van der Waals surface area contributed by atoms with Crippen LogP contribution in [-0.2, 0) is 17.9 Å². The van der Waals surface area contributed by atoms with Crippen LogP contribution in [0.1, 0.15) is 27.4 Å². The summed E-state index contributed by atoms with van der Waals surface area (Å²) in [5.74, 6) is 0.248. The first-order valence-corrected chi connectivity index (χ1v) is 8.65. The minimum Gasteiger partial charge on any atom is -0.452 e. The average molecular weight is 375 g/mol. The van der Waals surface area contributed by atoms with Gasteiger partial charge in [0.25, 0.3) is 5.89 Å². The van der Waals surface area contributed by atoms with Gasteiger partial charge in [0.05, 0.1) is 12.1 Å². The van der Waals surface area contributed by atoms with Gasteiger partial charge in [-0.15, -0.1) is 0 Å². The van der Waals surface area contributed by atoms with Gasteiger partial charge in [0, 0.05) is 5.56 Å². The molecule has 0 fully saturated rings. The smallest absolute Gasteiger partial charge is 0.338 e. The van der Waals surface area contributed by atoms with Crippen molar-refractivity contribution in [3.63, 3.8) is 0 Å². The van der Waals surface area contributed by atoms with Crippen molar-refractivity contribution in [2.45, 2.75) is 20.1 Å². The van der Waals surface area contributed by atoms with Gasteiger partial charge >= 0.3 is 5.97 Å². The molecule has 8 nitrogen and oxygen atoms in total. The second-order valence-corrected chi connectivity index (χ2v) is 6.24. The van der Waals surface area contributed by atoms with Crippen LogP contribution < -0.4 is 0 Å². The lowest BCUT2D eigenvalue weighted by atomic mass is 10.1. The Bertz CT molecular complexity index is 1050. The molecule has 0 spiro atoms. The van der Waals surface area contributed by atoms with Gasteiger partial charge in [0.2, 0.25) is 5.82 Å². The van der Waals surface area contributed by atoms with E-state index in [1.807, 2.05) is 43.3 Å². The molecule has 0 amide bonds. The van der Waals surface area contributed by atoms with Crippen molar-refractivity contribution in [2.24, 2.45) is 0 Å². The Kier molecular flexibility index (Phi) is 4.92. The molecule has 0 unspecified atom stereocenters. The Labute approximate surface area is 160 Å². The highest BCUT2D eigenvalue weighted by Gasteiger charge is 2.12. The Morgan fingerprint density at radius 1 is 1.11 bits per heavy atom. The van der Waals surface area contributed by atoms with E-state index in [4.69, 9.17) is 9.26 Å². The lowest BCUT2D eigenvalue weighted by Crippen LogP contribution is -2.06. The zero-order chi connectivity index (χ0) is 19.3. The molecular weight excluding hydrogens is 358 g/mol. The zero-order valence-electron chi connectivity index (χ0n) is 15.1. The molecule has 0 bridgehead atoms. The molecule has 140 valence electrons. The summed E-state index contributed by atoms with van der Waals surface area (Å²) in [4.78, 5) is 20.4. The van der Waals surface area contributed by atoms with E-state index in [0.29, 0.717) is 17.9 Å². The first kappa shape index (κ1) is 17.6. The molecule has 0 radical (unpaired) electrons. The Morgan fingerprint density at radius 2 is 1.89 bits per heavy atom. The SMILES string of the molecule is Cc1ccc(-c2noc(COC(=O)c3ccc(Cn4cncn4)cc3)n2)cc1. The number of aromatic nitrogens is 5. The summed E-state index contributed by atoms with van der Waals surface area (Å²) in [6, 6.07) is 14.9. The van der Waals surface area contributed by atoms with Gasteiger partial charge < -0.3 is 9.26 Å². The maximum atomic E-state index is 12.2. The molecule has 2 aromatic heterocycles. The van der Waals surface area contributed by atoms with Crippen molar-refractivity contribution < 1.29 is 14.1 Å². The van der Waals surface area contributed by atoms with Crippen molar-refractivity contribution in [1.82, 2.24) is 24.9 Å². The maximum Gasteiger partial charge on any atom is 0.338 e. The molecule has 4 aromatic rings. The van der Waals surface area contributed by atoms with E-state index < -0.39 is 5.97 Å². The number of aryl methyl sites for hydroxylation is 1. The molecule has 2 heterocycles. The summed E-state index contributed by atoms with van der Waals surface area (Å²) >= 11 is 0. The van der Waals surface area contributed by atoms with E-state index >= 15 is 0 Å². The number of ether oxygens (including phenoxy) is 1. The number of benzene rings is 2. The second-order valence-electron chi connectivity index (χ2n) is 6.24. The predicted octanol–water partition coefficient (Wildman–Crippen LogP) is 3.04. The molecule has 2 aromatic carbocycles. The average Bonchev–Trinajstić information content (AvgIpc) is 3.39. The van der Waals surface area contributed by atoms with Crippen LogP contribution in [0.25, 0.3) is 11.4 Å². The highest BCUT2D eigenvalue weighted by Crippen LogP contribution is 2.17. The Hall–Kier alpha value is -3.81. The van der Waals surface area contributed by atoms with Crippen LogP contribution in [0.15, 0.2) is 65.7 Å². The molecule has 0 saturated heterocycles. The van der Waals surface area contributed by atoms with Crippen LogP contribution in [0.3, 0.4) is 0 Å². The molecule has 0 saturated carbocycles. The number of carbonyl (C=O) groups excluding carboxylic acids is 1. The molecule has 8 heteroatoms. The van der Waals surface area contributed by atoms with Crippen LogP contribution in [0.5, 0.6) is 0 Å². The van der Waals surface area contributed by atoms with Crippen LogP contribution in [0, 0.1) is 6.92 Å². The summed E-state index contributed by atoms with van der Waals surface area (Å²) in [5, 5.41) is 7.97. The van der Waals surface area contributed by atoms with Crippen molar-refractivity contribution in [3.8, 4) is 11.4 Å². The molecule has 0 N–H and O–H groups in total. The molecule has 0 aliphatic heterocycles. The molecule has 0 atom stereocenters. The molecule has 4 rings (SSSR count). The topological polar surface area (TPSA) is 95.9 Å². The van der Waals surface area contributed by atoms with Crippen molar-refractivity contribution in [2.75, 3.05) is 0 Å². The van der Waals surface area contributed by atoms with E-state index in [1.54, 1.807) is 23.1 Å². The standard InChI is InChI=1S/C20H17N5O3/c1-14-2-6-16(7-3-14)19-23-18(28-24-19)11-27-20(26)17-8-4-15(5-9-17)10-25-13-21-12-22-25/h2-9,12-13H,10-11H2,1H3. The molecule has 0 aliphatic rings. The number of nitrogens with zero attached hydrogens (tertiary/aromatic N) is 5. The fourth-order valence-electron chi connectivity index (χ4n) is 2.59. The largest absolute Gasteiger partial charge is 0.452 e. The van der Waals surface area contributed by atoms with E-state index in [9.17, 15) is 4.79 Å². The normalized spacial score (nSPS) is 10.8. The van der Waals surface area contributed by atoms with Gasteiger partial charge in [0.1, 0.15) is 12.7 Å². The van der Waals surface area contributed by atoms with Gasteiger partial charge in [-0.3, -0.25) is 0 Å². The molecule has 28 heavy (non-hydrogen) atoms. The lowest BCUT2D eigenvalue weighted by Gasteiger charge is -2.04. The van der Waals surface area contributed by atoms with Crippen LogP contribution in [0.2, 0.25) is 0 Å². The fraction of sp³-hybridized carbons (Fsp3) is 0.150. The summed E-state index contributed by atoms with van der Waals surface area (Å²) < 4.78 is 12.1. The number of carbonyl (C=O) groups is 1. The minimum atomic E-state index is -0.456. The van der Waals surface area contributed by atoms with E-state index in [0.717, 1.165) is 16.7 Å². The van der Waals surface area contributed by atoms with Gasteiger partial charge in [-0.1, -0.05) is 47.1 Å². The third kappa shape index (κ3) is 4.12. The number of hydrogen-bond acceptors (Lipinski definition) is 7. The second kappa shape index (κ2) is 7.83. The zero-order valence-corrected chi connectivity index (χ0v) is 15.1. The van der Waals surface area contributed by atoms with Gasteiger partial charge in [-0.05, 0) is 24.6 Å². The van der Waals surface area contributed by atoms with E-state index in [-0.39, 0.29) is 12.5 Å². The Balaban J connectivity index is 1.34. The van der Waals surface area contributed by atoms with Gasteiger partial charge in [-0.2, -0.15) is 10.1 Å². The Morgan fingerprint density at radius 3 is 2.61 bits per heavy atom. The fourth-order valence-corrected chi connectivity index (χ4v) is 2.59. The highest BCUT2D eigenvalue weighted by atomic mass is 16.6. The predicted molar refractivity (Wildman–Crippen MR) is 99.2 cm³/mol. The van der Waals surface area contributed by atoms with Crippen LogP contribution in [0.4, 0.5) is 0 Å². The first-order chi connectivity index (χ1) is 13.7.